The van der Waals surface area contributed by atoms with E-state index < -0.39 is 18.1 Å². The summed E-state index contributed by atoms with van der Waals surface area (Å²) in [4.78, 5) is 70.3. The van der Waals surface area contributed by atoms with Crippen molar-refractivity contribution in [3.05, 3.63) is 35.9 Å². The number of nitrogens with two attached hydrogens (primary N) is 4. The summed E-state index contributed by atoms with van der Waals surface area (Å²) in [6, 6.07) is 6.56. The zero-order valence-corrected chi connectivity index (χ0v) is 26.3. The van der Waals surface area contributed by atoms with Gasteiger partial charge in [0.05, 0.1) is 0 Å². The monoisotopic (exact) mass is 643 g/mol. The first-order valence-corrected chi connectivity index (χ1v) is 15.7. The van der Waals surface area contributed by atoms with Crippen molar-refractivity contribution in [1.29, 1.82) is 0 Å². The minimum absolute atomic E-state index is 0.00188. The van der Waals surface area contributed by atoms with Crippen molar-refractivity contribution in [3.8, 4) is 0 Å². The summed E-state index contributed by atoms with van der Waals surface area (Å²) < 4.78 is 0. The molecule has 1 aromatic carbocycles. The zero-order chi connectivity index (χ0) is 33.7. The number of unbranched alkanes of at least 4 members (excludes halogenated alkanes) is 2. The molecule has 0 aliphatic carbocycles. The van der Waals surface area contributed by atoms with E-state index in [4.69, 9.17) is 22.9 Å². The van der Waals surface area contributed by atoms with Crippen molar-refractivity contribution in [3.63, 3.8) is 0 Å². The van der Waals surface area contributed by atoms with Crippen LogP contribution in [0, 0.1) is 0 Å². The third-order valence-electron chi connectivity index (χ3n) is 7.19. The standard InChI is InChI=1S/C30H49N11O5/c31-29(32)37-18-8-14-21(39-25(43)20-10-2-1-3-11-20)26(44)36-17-7-5-13-23-28(46)40-22(27(45)41-23)12-4-6-16-35-24(42)15-9-19-38-30(33)34/h1-3,10-11,21-23H,4-9,12-19H2,(H,35,42)(H,36,44)(H,39,43)(H,40,46)(H,41,45)(H4,31,32,37)(H4,33,34,38)/t21-,22-,23-/m0/s1. The van der Waals surface area contributed by atoms with Gasteiger partial charge in [0, 0.05) is 38.2 Å². The number of carbonyl (C=O) groups is 5. The zero-order valence-electron chi connectivity index (χ0n) is 26.3. The van der Waals surface area contributed by atoms with Gasteiger partial charge in [-0.1, -0.05) is 18.2 Å². The molecule has 46 heavy (non-hydrogen) atoms. The molecule has 16 heteroatoms. The average Bonchev–Trinajstić information content (AvgIpc) is 3.02. The van der Waals surface area contributed by atoms with Crippen LogP contribution in [0.25, 0.3) is 0 Å². The summed E-state index contributed by atoms with van der Waals surface area (Å²) in [6.07, 6.45) is 5.05. The van der Waals surface area contributed by atoms with E-state index >= 15 is 0 Å². The van der Waals surface area contributed by atoms with E-state index in [1.165, 1.54) is 0 Å². The molecule has 5 amide bonds. The summed E-state index contributed by atoms with van der Waals surface area (Å²) in [5.74, 6) is -1.31. The second-order valence-corrected chi connectivity index (χ2v) is 11.0. The normalized spacial score (nSPS) is 16.3. The number of benzene rings is 1. The highest BCUT2D eigenvalue weighted by atomic mass is 16.2. The van der Waals surface area contributed by atoms with Crippen molar-refractivity contribution in [2.75, 3.05) is 26.2 Å². The van der Waals surface area contributed by atoms with Crippen LogP contribution in [0.5, 0.6) is 0 Å². The van der Waals surface area contributed by atoms with Crippen molar-refractivity contribution in [2.45, 2.75) is 82.3 Å². The van der Waals surface area contributed by atoms with Gasteiger partial charge in [0.2, 0.25) is 23.6 Å². The number of nitrogens with zero attached hydrogens (tertiary/aromatic N) is 2. The molecular formula is C30H49N11O5. The third kappa shape index (κ3) is 15.2. The molecule has 1 saturated heterocycles. The van der Waals surface area contributed by atoms with Crippen molar-refractivity contribution in [1.82, 2.24) is 26.6 Å². The van der Waals surface area contributed by atoms with Crippen LogP contribution in [0.4, 0.5) is 0 Å². The quantitative estimate of drug-likeness (QED) is 0.0425. The largest absolute Gasteiger partial charge is 0.370 e. The van der Waals surface area contributed by atoms with E-state index in [2.05, 4.69) is 36.6 Å². The Hall–Kier alpha value is -4.89. The maximum absolute atomic E-state index is 12.9. The number of hydrogen-bond donors (Lipinski definition) is 9. The number of nitrogens with one attached hydrogen (secondary N) is 5. The molecule has 0 aromatic heterocycles. The summed E-state index contributed by atoms with van der Waals surface area (Å²) >= 11 is 0. The van der Waals surface area contributed by atoms with Crippen LogP contribution in [-0.2, 0) is 19.2 Å². The molecule has 1 aromatic rings. The Labute approximate surface area is 269 Å². The van der Waals surface area contributed by atoms with Crippen LogP contribution in [0.1, 0.15) is 74.6 Å². The van der Waals surface area contributed by atoms with Crippen molar-refractivity contribution < 1.29 is 24.0 Å². The number of piperazine rings is 1. The number of aliphatic imine (C=N–C) groups is 2. The van der Waals surface area contributed by atoms with Gasteiger partial charge in [-0.15, -0.1) is 0 Å². The van der Waals surface area contributed by atoms with Gasteiger partial charge in [-0.05, 0) is 69.9 Å². The summed E-state index contributed by atoms with van der Waals surface area (Å²) in [5.41, 5.74) is 21.7. The molecule has 0 unspecified atom stereocenters. The van der Waals surface area contributed by atoms with Gasteiger partial charge >= 0.3 is 0 Å². The van der Waals surface area contributed by atoms with Gasteiger partial charge in [-0.3, -0.25) is 34.0 Å². The first-order valence-electron chi connectivity index (χ1n) is 15.7. The van der Waals surface area contributed by atoms with Gasteiger partial charge in [-0.2, -0.15) is 0 Å². The molecule has 1 aliphatic heterocycles. The minimum atomic E-state index is -0.777. The Bertz CT molecular complexity index is 1200. The predicted molar refractivity (Wildman–Crippen MR) is 175 cm³/mol. The molecule has 2 rings (SSSR count). The smallest absolute Gasteiger partial charge is 0.251 e. The topological polar surface area (TPSA) is 274 Å². The SMILES string of the molecule is NC(N)=NCCCC(=O)NCCCC[C@@H]1NC(=O)[C@H](CCCCNC(=O)[C@H](CCCN=C(N)N)NC(=O)c2ccccc2)NC1=O. The fourth-order valence-electron chi connectivity index (χ4n) is 4.73. The molecular weight excluding hydrogens is 594 g/mol. The van der Waals surface area contributed by atoms with Gasteiger partial charge in [0.25, 0.3) is 5.91 Å². The van der Waals surface area contributed by atoms with Crippen LogP contribution in [0.3, 0.4) is 0 Å². The van der Waals surface area contributed by atoms with Crippen LogP contribution < -0.4 is 49.5 Å². The second-order valence-electron chi connectivity index (χ2n) is 11.0. The molecule has 0 radical (unpaired) electrons. The number of hydrogen-bond acceptors (Lipinski definition) is 7. The lowest BCUT2D eigenvalue weighted by Crippen LogP contribution is -2.61. The minimum Gasteiger partial charge on any atom is -0.370 e. The van der Waals surface area contributed by atoms with Crippen LogP contribution in [-0.4, -0.2) is 85.8 Å². The molecule has 1 fully saturated rings. The number of amides is 5. The highest BCUT2D eigenvalue weighted by Crippen LogP contribution is 2.10. The molecule has 16 nitrogen and oxygen atoms in total. The maximum atomic E-state index is 12.9. The van der Waals surface area contributed by atoms with Crippen molar-refractivity contribution in [2.24, 2.45) is 32.9 Å². The van der Waals surface area contributed by atoms with Gasteiger partial charge in [0.1, 0.15) is 18.1 Å². The Morgan fingerprint density at radius 1 is 0.739 bits per heavy atom. The lowest BCUT2D eigenvalue weighted by molar-refractivity contribution is -0.137. The van der Waals surface area contributed by atoms with E-state index in [0.29, 0.717) is 96.0 Å². The van der Waals surface area contributed by atoms with Crippen LogP contribution in [0.15, 0.2) is 40.3 Å². The number of rotatable bonds is 21. The maximum Gasteiger partial charge on any atom is 0.251 e. The molecule has 1 aliphatic rings. The molecule has 0 spiro atoms. The number of carbonyl (C=O) groups excluding carboxylic acids is 5. The highest BCUT2D eigenvalue weighted by Gasteiger charge is 2.32. The fraction of sp³-hybridized carbons (Fsp3) is 0.567. The molecule has 254 valence electrons. The van der Waals surface area contributed by atoms with E-state index in [-0.39, 0.29) is 41.5 Å². The summed E-state index contributed by atoms with van der Waals surface area (Å²) in [7, 11) is 0. The Morgan fingerprint density at radius 2 is 1.28 bits per heavy atom. The lowest BCUT2D eigenvalue weighted by Gasteiger charge is -2.29. The Balaban J connectivity index is 1.66. The van der Waals surface area contributed by atoms with Gasteiger partial charge in [-0.25, -0.2) is 0 Å². The van der Waals surface area contributed by atoms with Gasteiger partial charge in [0.15, 0.2) is 11.9 Å². The van der Waals surface area contributed by atoms with Crippen LogP contribution in [0.2, 0.25) is 0 Å². The second kappa shape index (κ2) is 21.0. The number of guanidine groups is 2. The molecule has 0 bridgehead atoms. The highest BCUT2D eigenvalue weighted by molar-refractivity contribution is 5.98. The molecule has 0 saturated carbocycles. The van der Waals surface area contributed by atoms with E-state index in [1.54, 1.807) is 30.3 Å². The Kier molecular flexibility index (Phi) is 17.0. The first kappa shape index (κ1) is 37.3. The molecule has 3 atom stereocenters. The van der Waals surface area contributed by atoms with Crippen LogP contribution >= 0.6 is 0 Å². The molecule has 1 heterocycles. The lowest BCUT2D eigenvalue weighted by atomic mass is 10.0. The summed E-state index contributed by atoms with van der Waals surface area (Å²) in [5, 5.41) is 14.0. The third-order valence-corrected chi connectivity index (χ3v) is 7.19. The van der Waals surface area contributed by atoms with E-state index in [1.807, 2.05) is 0 Å². The molecule has 13 N–H and O–H groups in total. The fourth-order valence-corrected chi connectivity index (χ4v) is 4.73. The van der Waals surface area contributed by atoms with E-state index in [9.17, 15) is 24.0 Å². The van der Waals surface area contributed by atoms with Gasteiger partial charge < -0.3 is 49.5 Å². The first-order chi connectivity index (χ1) is 22.1. The average molecular weight is 644 g/mol. The predicted octanol–water partition coefficient (Wildman–Crippen LogP) is -1.55. The van der Waals surface area contributed by atoms with Crippen molar-refractivity contribution >= 4 is 41.5 Å². The van der Waals surface area contributed by atoms with E-state index in [0.717, 1.165) is 0 Å². The Morgan fingerprint density at radius 3 is 1.85 bits per heavy atom. The summed E-state index contributed by atoms with van der Waals surface area (Å²) in [6.45, 7) is 1.53.